The second-order valence-corrected chi connectivity index (χ2v) is 7.04. The smallest absolute Gasteiger partial charge is 0.330 e. The summed E-state index contributed by atoms with van der Waals surface area (Å²) < 4.78 is 5.21. The van der Waals surface area contributed by atoms with Crippen molar-refractivity contribution in [2.75, 3.05) is 12.8 Å². The molecule has 2 aromatic heterocycles. The van der Waals surface area contributed by atoms with E-state index < -0.39 is 17.9 Å². The number of anilines is 1. The van der Waals surface area contributed by atoms with E-state index in [1.165, 1.54) is 0 Å². The molecule has 4 N–H and O–H groups in total. The van der Waals surface area contributed by atoms with Crippen LogP contribution in [0, 0.1) is 6.92 Å². The third-order valence-electron chi connectivity index (χ3n) is 4.07. The van der Waals surface area contributed by atoms with E-state index in [9.17, 15) is 14.7 Å². The highest BCUT2D eigenvalue weighted by molar-refractivity contribution is 7.21. The molecule has 0 aliphatic carbocycles. The normalized spacial score (nSPS) is 12.1. The first kappa shape index (κ1) is 18.8. The number of pyridine rings is 1. The maximum absolute atomic E-state index is 12.8. The number of hydrogen-bond acceptors (Lipinski definition) is 6. The van der Waals surface area contributed by atoms with Crippen molar-refractivity contribution in [1.82, 2.24) is 10.3 Å². The van der Waals surface area contributed by atoms with Crippen LogP contribution in [0.25, 0.3) is 10.2 Å². The molecule has 0 fully saturated rings. The van der Waals surface area contributed by atoms with Crippen LogP contribution in [0.15, 0.2) is 36.4 Å². The summed E-state index contributed by atoms with van der Waals surface area (Å²) in [6.45, 7) is 2.19. The van der Waals surface area contributed by atoms with E-state index >= 15 is 0 Å². The average Bonchev–Trinajstić information content (AvgIpc) is 2.96. The van der Waals surface area contributed by atoms with E-state index in [0.717, 1.165) is 22.6 Å². The zero-order valence-corrected chi connectivity index (χ0v) is 15.7. The molecule has 1 amide bonds. The van der Waals surface area contributed by atoms with Gasteiger partial charge in [0.25, 0.3) is 5.91 Å². The summed E-state index contributed by atoms with van der Waals surface area (Å²) in [5, 5.41) is 12.7. The maximum atomic E-state index is 12.8. The molecule has 0 aliphatic rings. The highest BCUT2D eigenvalue weighted by Gasteiger charge is 2.26. The first-order valence-corrected chi connectivity index (χ1v) is 9.00. The fraction of sp³-hybridized carbons (Fsp3) is 0.211. The van der Waals surface area contributed by atoms with Gasteiger partial charge in [0.2, 0.25) is 0 Å². The summed E-state index contributed by atoms with van der Waals surface area (Å²) in [6, 6.07) is 9.20. The van der Waals surface area contributed by atoms with Gasteiger partial charge in [0.15, 0.2) is 6.04 Å². The number of thiophene rings is 1. The standard InChI is InChI=1S/C19H19N3O4S/c1-10-8-12(9-26-2)13-14(20)16(27-18(13)21-10)17(23)22-15(19(24)25)11-6-4-3-5-7-11/h3-8,15H,9,20H2,1-2H3,(H,22,23)(H,24,25). The molecule has 140 valence electrons. The first-order valence-electron chi connectivity index (χ1n) is 8.18. The molecule has 1 aromatic carbocycles. The number of ether oxygens (including phenoxy) is 1. The number of nitrogens with two attached hydrogens (primary N) is 1. The summed E-state index contributed by atoms with van der Waals surface area (Å²) in [7, 11) is 1.58. The number of carbonyl (C=O) groups excluding carboxylic acids is 1. The molecule has 7 nitrogen and oxygen atoms in total. The minimum absolute atomic E-state index is 0.239. The zero-order chi connectivity index (χ0) is 19.6. The lowest BCUT2D eigenvalue weighted by Crippen LogP contribution is -2.33. The second-order valence-electron chi connectivity index (χ2n) is 6.04. The molecule has 27 heavy (non-hydrogen) atoms. The molecular weight excluding hydrogens is 366 g/mol. The van der Waals surface area contributed by atoms with E-state index in [4.69, 9.17) is 10.5 Å². The molecule has 8 heteroatoms. The number of nitrogen functional groups attached to an aromatic ring is 1. The summed E-state index contributed by atoms with van der Waals surface area (Å²) in [5.41, 5.74) is 8.60. The Bertz CT molecular complexity index is 1000. The van der Waals surface area contributed by atoms with Gasteiger partial charge in [-0.1, -0.05) is 30.3 Å². The number of carboxylic acid groups (broad SMARTS) is 1. The quantitative estimate of drug-likeness (QED) is 0.601. The number of nitrogens with zero attached hydrogens (tertiary/aromatic N) is 1. The van der Waals surface area contributed by atoms with Gasteiger partial charge in [-0.3, -0.25) is 4.79 Å². The number of benzene rings is 1. The first-order chi connectivity index (χ1) is 12.9. The van der Waals surface area contributed by atoms with Gasteiger partial charge in [0.1, 0.15) is 9.71 Å². The maximum Gasteiger partial charge on any atom is 0.330 e. The van der Waals surface area contributed by atoms with Crippen LogP contribution in [0.5, 0.6) is 0 Å². The molecule has 2 heterocycles. The molecule has 0 bridgehead atoms. The fourth-order valence-electron chi connectivity index (χ4n) is 2.91. The third kappa shape index (κ3) is 3.76. The minimum atomic E-state index is -1.17. The van der Waals surface area contributed by atoms with Gasteiger partial charge in [0, 0.05) is 18.2 Å². The molecule has 0 saturated heterocycles. The molecule has 3 aromatic rings. The van der Waals surface area contributed by atoms with Gasteiger partial charge in [-0.05, 0) is 24.1 Å². The Balaban J connectivity index is 1.99. The Kier molecular flexibility index (Phi) is 5.38. The Labute approximate surface area is 159 Å². The molecule has 0 aliphatic heterocycles. The van der Waals surface area contributed by atoms with Crippen LogP contribution in [0.2, 0.25) is 0 Å². The number of nitrogens with one attached hydrogen (secondary N) is 1. The molecule has 0 radical (unpaired) electrons. The summed E-state index contributed by atoms with van der Waals surface area (Å²) in [4.78, 5) is 29.7. The molecule has 1 atom stereocenters. The van der Waals surface area contributed by atoms with Gasteiger partial charge in [-0.25, -0.2) is 9.78 Å². The van der Waals surface area contributed by atoms with Gasteiger partial charge in [0.05, 0.1) is 12.3 Å². The van der Waals surface area contributed by atoms with Crippen LogP contribution in [-0.2, 0) is 16.1 Å². The van der Waals surface area contributed by atoms with E-state index in [1.807, 2.05) is 13.0 Å². The lowest BCUT2D eigenvalue weighted by atomic mass is 10.1. The summed E-state index contributed by atoms with van der Waals surface area (Å²) in [6.07, 6.45) is 0. The third-order valence-corrected chi connectivity index (χ3v) is 5.17. The Morgan fingerprint density at radius 3 is 2.67 bits per heavy atom. The predicted octanol–water partition coefficient (Wildman–Crippen LogP) is 2.89. The minimum Gasteiger partial charge on any atom is -0.479 e. The van der Waals surface area contributed by atoms with Crippen LogP contribution < -0.4 is 11.1 Å². The van der Waals surface area contributed by atoms with Crippen molar-refractivity contribution in [3.05, 3.63) is 58.1 Å². The number of rotatable bonds is 6. The monoisotopic (exact) mass is 385 g/mol. The van der Waals surface area contributed by atoms with Crippen LogP contribution in [0.3, 0.4) is 0 Å². The van der Waals surface area contributed by atoms with Gasteiger partial charge in [-0.15, -0.1) is 11.3 Å². The van der Waals surface area contributed by atoms with Crippen LogP contribution in [0.4, 0.5) is 5.69 Å². The van der Waals surface area contributed by atoms with E-state index in [2.05, 4.69) is 10.3 Å². The van der Waals surface area contributed by atoms with Crippen molar-refractivity contribution < 1.29 is 19.4 Å². The van der Waals surface area contributed by atoms with Crippen LogP contribution >= 0.6 is 11.3 Å². The molecule has 0 saturated carbocycles. The lowest BCUT2D eigenvalue weighted by molar-refractivity contribution is -0.139. The lowest BCUT2D eigenvalue weighted by Gasteiger charge is -2.14. The van der Waals surface area contributed by atoms with Crippen molar-refractivity contribution in [3.8, 4) is 0 Å². The number of aromatic nitrogens is 1. The summed E-state index contributed by atoms with van der Waals surface area (Å²) in [5.74, 6) is -1.70. The van der Waals surface area contributed by atoms with Gasteiger partial charge in [-0.2, -0.15) is 0 Å². The predicted molar refractivity (Wildman–Crippen MR) is 104 cm³/mol. The number of carbonyl (C=O) groups is 2. The van der Waals surface area contributed by atoms with E-state index in [1.54, 1.807) is 37.4 Å². The topological polar surface area (TPSA) is 115 Å². The molecular formula is C19H19N3O4S. The Morgan fingerprint density at radius 2 is 2.04 bits per heavy atom. The number of amides is 1. The number of hydrogen-bond donors (Lipinski definition) is 3. The number of aryl methyl sites for hydroxylation is 1. The van der Waals surface area contributed by atoms with Crippen molar-refractivity contribution in [2.45, 2.75) is 19.6 Å². The van der Waals surface area contributed by atoms with Gasteiger partial charge >= 0.3 is 5.97 Å². The van der Waals surface area contributed by atoms with E-state index in [0.29, 0.717) is 22.4 Å². The Hall–Kier alpha value is -2.97. The molecule has 0 spiro atoms. The van der Waals surface area contributed by atoms with Crippen LogP contribution in [0.1, 0.15) is 32.5 Å². The average molecular weight is 385 g/mol. The molecule has 1 unspecified atom stereocenters. The highest BCUT2D eigenvalue weighted by Crippen LogP contribution is 2.36. The van der Waals surface area contributed by atoms with Crippen molar-refractivity contribution >= 4 is 39.1 Å². The highest BCUT2D eigenvalue weighted by atomic mass is 32.1. The van der Waals surface area contributed by atoms with E-state index in [-0.39, 0.29) is 10.6 Å². The molecule has 3 rings (SSSR count). The number of carboxylic acids is 1. The Morgan fingerprint density at radius 1 is 1.33 bits per heavy atom. The second kappa shape index (κ2) is 7.73. The fourth-order valence-corrected chi connectivity index (χ4v) is 3.99. The zero-order valence-electron chi connectivity index (χ0n) is 14.9. The van der Waals surface area contributed by atoms with Crippen molar-refractivity contribution in [1.29, 1.82) is 0 Å². The van der Waals surface area contributed by atoms with Crippen LogP contribution in [-0.4, -0.2) is 29.1 Å². The number of fused-ring (bicyclic) bond motifs is 1. The largest absolute Gasteiger partial charge is 0.479 e. The summed E-state index contributed by atoms with van der Waals surface area (Å²) >= 11 is 1.14. The van der Waals surface area contributed by atoms with Crippen molar-refractivity contribution in [2.24, 2.45) is 0 Å². The number of methoxy groups -OCH3 is 1. The van der Waals surface area contributed by atoms with Gasteiger partial charge < -0.3 is 20.9 Å². The SMILES string of the molecule is COCc1cc(C)nc2sc(C(=O)NC(C(=O)O)c3ccccc3)c(N)c12. The number of aliphatic carboxylic acids is 1. The van der Waals surface area contributed by atoms with Crippen molar-refractivity contribution in [3.63, 3.8) is 0 Å².